The first-order valence-corrected chi connectivity index (χ1v) is 10.8. The van der Waals surface area contributed by atoms with E-state index in [0.29, 0.717) is 5.92 Å². The van der Waals surface area contributed by atoms with Gasteiger partial charge in [0, 0.05) is 46.9 Å². The van der Waals surface area contributed by atoms with E-state index in [4.69, 9.17) is 9.47 Å². The lowest BCUT2D eigenvalue weighted by molar-refractivity contribution is 0.0162. The lowest BCUT2D eigenvalue weighted by atomic mass is 9.95. The maximum Gasteiger partial charge on any atom is 0.410 e. The van der Waals surface area contributed by atoms with Crippen molar-refractivity contribution >= 4 is 12.1 Å². The molecule has 1 saturated heterocycles. The summed E-state index contributed by atoms with van der Waals surface area (Å²) in [6, 6.07) is 0. The average molecular weight is 397 g/mol. The molecule has 0 radical (unpaired) electrons. The van der Waals surface area contributed by atoms with Gasteiger partial charge in [-0.3, -0.25) is 4.99 Å². The maximum atomic E-state index is 12.3. The Kier molecular flexibility index (Phi) is 8.86. The van der Waals surface area contributed by atoms with Gasteiger partial charge in [0.05, 0.1) is 6.61 Å². The molecule has 2 rings (SSSR count). The van der Waals surface area contributed by atoms with Gasteiger partial charge in [-0.05, 0) is 64.7 Å². The van der Waals surface area contributed by atoms with E-state index in [0.717, 1.165) is 70.5 Å². The molecule has 7 nitrogen and oxygen atoms in total. The quantitative estimate of drug-likeness (QED) is 0.388. The molecular weight excluding hydrogens is 356 g/mol. The van der Waals surface area contributed by atoms with Crippen LogP contribution in [0.2, 0.25) is 0 Å². The van der Waals surface area contributed by atoms with Gasteiger partial charge in [0.1, 0.15) is 5.60 Å². The molecule has 1 atom stereocenters. The number of guanidine groups is 1. The van der Waals surface area contributed by atoms with Crippen LogP contribution < -0.4 is 5.32 Å². The molecule has 0 aromatic heterocycles. The first-order chi connectivity index (χ1) is 13.3. The Morgan fingerprint density at radius 1 is 1.25 bits per heavy atom. The maximum absolute atomic E-state index is 12.3. The number of nitrogens with zero attached hydrogens (tertiary/aromatic N) is 3. The number of likely N-dealkylation sites (tertiary alicyclic amines) is 1. The van der Waals surface area contributed by atoms with Crippen LogP contribution in [-0.2, 0) is 9.47 Å². The summed E-state index contributed by atoms with van der Waals surface area (Å²) in [6.45, 7) is 10.6. The minimum atomic E-state index is -0.439. The van der Waals surface area contributed by atoms with E-state index in [1.807, 2.05) is 39.8 Å². The fourth-order valence-corrected chi connectivity index (χ4v) is 3.41. The van der Waals surface area contributed by atoms with Gasteiger partial charge in [0.15, 0.2) is 5.96 Å². The minimum absolute atomic E-state index is 0.188. The third kappa shape index (κ3) is 8.67. The van der Waals surface area contributed by atoms with Gasteiger partial charge < -0.3 is 24.6 Å². The molecule has 0 bridgehead atoms. The van der Waals surface area contributed by atoms with Crippen molar-refractivity contribution in [2.75, 3.05) is 53.5 Å². The predicted molar refractivity (Wildman–Crippen MR) is 113 cm³/mol. The topological polar surface area (TPSA) is 66.4 Å². The highest BCUT2D eigenvalue weighted by atomic mass is 16.6. The number of amides is 1. The summed E-state index contributed by atoms with van der Waals surface area (Å²) in [7, 11) is 3.86. The average Bonchev–Trinajstić information content (AvgIpc) is 3.45. The summed E-state index contributed by atoms with van der Waals surface area (Å²) in [5.74, 6) is 2.20. The summed E-state index contributed by atoms with van der Waals surface area (Å²) in [6.07, 6.45) is 5.68. The van der Waals surface area contributed by atoms with Crippen LogP contribution in [0.3, 0.4) is 0 Å². The van der Waals surface area contributed by atoms with Crippen molar-refractivity contribution in [3.05, 3.63) is 0 Å². The molecule has 28 heavy (non-hydrogen) atoms. The second kappa shape index (κ2) is 10.9. The third-order valence-electron chi connectivity index (χ3n) is 5.20. The van der Waals surface area contributed by atoms with E-state index >= 15 is 0 Å². The van der Waals surface area contributed by atoms with Gasteiger partial charge in [-0.2, -0.15) is 0 Å². The van der Waals surface area contributed by atoms with E-state index in [-0.39, 0.29) is 6.09 Å². The summed E-state index contributed by atoms with van der Waals surface area (Å²) >= 11 is 0. The number of rotatable bonds is 8. The van der Waals surface area contributed by atoms with Crippen LogP contribution in [0.1, 0.15) is 52.9 Å². The van der Waals surface area contributed by atoms with Crippen LogP contribution in [-0.4, -0.2) is 80.9 Å². The number of carbonyl (C=O) groups excluding carboxylic acids is 1. The molecule has 1 N–H and O–H groups in total. The van der Waals surface area contributed by atoms with Crippen molar-refractivity contribution < 1.29 is 14.3 Å². The van der Waals surface area contributed by atoms with E-state index < -0.39 is 5.60 Å². The van der Waals surface area contributed by atoms with Crippen molar-refractivity contribution in [1.29, 1.82) is 0 Å². The monoisotopic (exact) mass is 396 g/mol. The first kappa shape index (κ1) is 22.8. The second-order valence-corrected chi connectivity index (χ2v) is 9.14. The van der Waals surface area contributed by atoms with Gasteiger partial charge in [-0.25, -0.2) is 4.79 Å². The largest absolute Gasteiger partial charge is 0.444 e. The zero-order valence-electron chi connectivity index (χ0n) is 18.5. The highest BCUT2D eigenvalue weighted by Crippen LogP contribution is 2.28. The fraction of sp³-hybridized carbons (Fsp3) is 0.905. The smallest absolute Gasteiger partial charge is 0.410 e. The molecule has 0 spiro atoms. The van der Waals surface area contributed by atoms with Crippen LogP contribution in [0.5, 0.6) is 0 Å². The van der Waals surface area contributed by atoms with E-state index in [2.05, 4.69) is 15.2 Å². The SMILES string of the molecule is CN=C(NCCC1CCCN(C(=O)OC(C)(C)C)C1)N(C)CCOCC1CC1. The number of carbonyl (C=O) groups is 1. The summed E-state index contributed by atoms with van der Waals surface area (Å²) in [5.41, 5.74) is -0.439. The molecule has 1 heterocycles. The Morgan fingerprint density at radius 3 is 2.64 bits per heavy atom. The number of nitrogens with one attached hydrogen (secondary N) is 1. The molecule has 1 amide bonds. The predicted octanol–water partition coefficient (Wildman–Crippen LogP) is 2.96. The normalized spacial score (nSPS) is 20.8. The number of likely N-dealkylation sites (N-methyl/N-ethyl adjacent to an activating group) is 1. The lowest BCUT2D eigenvalue weighted by Crippen LogP contribution is -2.44. The van der Waals surface area contributed by atoms with E-state index in [9.17, 15) is 4.79 Å². The molecule has 1 saturated carbocycles. The van der Waals surface area contributed by atoms with Gasteiger partial charge in [0.2, 0.25) is 0 Å². The Hall–Kier alpha value is -1.50. The van der Waals surface area contributed by atoms with Crippen molar-refractivity contribution in [3.63, 3.8) is 0 Å². The number of ether oxygens (including phenoxy) is 2. The Balaban J connectivity index is 1.65. The van der Waals surface area contributed by atoms with Crippen LogP contribution in [0.25, 0.3) is 0 Å². The fourth-order valence-electron chi connectivity index (χ4n) is 3.41. The van der Waals surface area contributed by atoms with Gasteiger partial charge >= 0.3 is 6.09 Å². The summed E-state index contributed by atoms with van der Waals surface area (Å²) in [4.78, 5) is 20.6. The molecule has 162 valence electrons. The van der Waals surface area contributed by atoms with Crippen molar-refractivity contribution in [3.8, 4) is 0 Å². The van der Waals surface area contributed by atoms with E-state index in [1.165, 1.54) is 12.8 Å². The minimum Gasteiger partial charge on any atom is -0.444 e. The molecule has 7 heteroatoms. The van der Waals surface area contributed by atoms with Gasteiger partial charge in [-0.1, -0.05) is 0 Å². The Bertz CT molecular complexity index is 514. The second-order valence-electron chi connectivity index (χ2n) is 9.14. The van der Waals surface area contributed by atoms with Crippen molar-refractivity contribution in [1.82, 2.24) is 15.1 Å². The van der Waals surface area contributed by atoms with E-state index in [1.54, 1.807) is 0 Å². The molecule has 0 aromatic carbocycles. The number of piperidine rings is 1. The molecule has 1 unspecified atom stereocenters. The molecule has 0 aromatic rings. The van der Waals surface area contributed by atoms with Crippen LogP contribution >= 0.6 is 0 Å². The Morgan fingerprint density at radius 2 is 2.00 bits per heavy atom. The van der Waals surface area contributed by atoms with Crippen LogP contribution in [0, 0.1) is 11.8 Å². The first-order valence-electron chi connectivity index (χ1n) is 10.8. The lowest BCUT2D eigenvalue weighted by Gasteiger charge is -2.34. The highest BCUT2D eigenvalue weighted by Gasteiger charge is 2.27. The zero-order chi connectivity index (χ0) is 20.6. The highest BCUT2D eigenvalue weighted by molar-refractivity contribution is 5.79. The molecule has 1 aliphatic carbocycles. The third-order valence-corrected chi connectivity index (χ3v) is 5.20. The summed E-state index contributed by atoms with van der Waals surface area (Å²) in [5, 5.41) is 3.45. The van der Waals surface area contributed by atoms with Crippen LogP contribution in [0.4, 0.5) is 4.79 Å². The van der Waals surface area contributed by atoms with Crippen LogP contribution in [0.15, 0.2) is 4.99 Å². The molecule has 1 aliphatic heterocycles. The zero-order valence-corrected chi connectivity index (χ0v) is 18.5. The Labute approximate surface area is 170 Å². The number of aliphatic imine (C=N–C) groups is 1. The molecule has 2 fully saturated rings. The van der Waals surface area contributed by atoms with Gasteiger partial charge in [0.25, 0.3) is 0 Å². The van der Waals surface area contributed by atoms with Crippen molar-refractivity contribution in [2.45, 2.75) is 58.5 Å². The van der Waals surface area contributed by atoms with Crippen molar-refractivity contribution in [2.24, 2.45) is 16.8 Å². The standard InChI is InChI=1S/C21H40N4O3/c1-21(2,3)28-20(26)25-12-6-7-17(15-25)10-11-23-19(22-4)24(5)13-14-27-16-18-8-9-18/h17-18H,6-16H2,1-5H3,(H,22,23). The molecular formula is C21H40N4O3. The van der Waals surface area contributed by atoms with Gasteiger partial charge in [-0.15, -0.1) is 0 Å². The molecule has 2 aliphatic rings. The summed E-state index contributed by atoms with van der Waals surface area (Å²) < 4.78 is 11.2. The number of hydrogen-bond acceptors (Lipinski definition) is 4. The number of hydrogen-bond donors (Lipinski definition) is 1.